The van der Waals surface area contributed by atoms with E-state index in [1.165, 1.54) is 51.4 Å². The minimum absolute atomic E-state index is 0.218. The fourth-order valence-corrected chi connectivity index (χ4v) is 4.48. The van der Waals surface area contributed by atoms with E-state index in [1.807, 2.05) is 0 Å². The lowest BCUT2D eigenvalue weighted by atomic mass is 9.82. The number of hydrogen-bond donors (Lipinski definition) is 1. The summed E-state index contributed by atoms with van der Waals surface area (Å²) in [7, 11) is 0. The second-order valence-electron chi connectivity index (χ2n) is 7.17. The van der Waals surface area contributed by atoms with Crippen molar-refractivity contribution in [1.29, 1.82) is 0 Å². The molecule has 18 heavy (non-hydrogen) atoms. The van der Waals surface area contributed by atoms with Gasteiger partial charge < -0.3 is 9.84 Å². The fourth-order valence-electron chi connectivity index (χ4n) is 4.48. The molecule has 2 aliphatic heterocycles. The van der Waals surface area contributed by atoms with Crippen LogP contribution >= 0.6 is 0 Å². The van der Waals surface area contributed by atoms with Crippen molar-refractivity contribution in [1.82, 2.24) is 4.90 Å². The Bertz CT molecular complexity index is 327. The van der Waals surface area contributed by atoms with Gasteiger partial charge in [0.05, 0.1) is 11.2 Å². The molecule has 2 heterocycles. The minimum atomic E-state index is -0.318. The monoisotopic (exact) mass is 251 g/mol. The number of hydrogen-bond acceptors (Lipinski definition) is 3. The van der Waals surface area contributed by atoms with Gasteiger partial charge in [-0.15, -0.1) is 0 Å². The first-order valence-corrected chi connectivity index (χ1v) is 7.80. The first kappa shape index (κ1) is 11.7. The van der Waals surface area contributed by atoms with E-state index in [2.05, 4.69) is 4.90 Å². The number of rotatable bonds is 2. The van der Waals surface area contributed by atoms with Crippen LogP contribution in [0, 0.1) is 5.92 Å². The highest BCUT2D eigenvalue weighted by molar-refractivity contribution is 5.08. The van der Waals surface area contributed by atoms with Crippen LogP contribution in [0.2, 0.25) is 0 Å². The van der Waals surface area contributed by atoms with Crippen LogP contribution in [0.4, 0.5) is 0 Å². The summed E-state index contributed by atoms with van der Waals surface area (Å²) >= 11 is 0. The second kappa shape index (κ2) is 3.94. The number of ether oxygens (including phenoxy) is 1. The SMILES string of the molecule is OC1(C2CC2)CN(C2CCOC3(CCCC3)C2)C1. The zero-order valence-electron chi connectivity index (χ0n) is 11.2. The van der Waals surface area contributed by atoms with Gasteiger partial charge in [-0.25, -0.2) is 0 Å². The van der Waals surface area contributed by atoms with Crippen molar-refractivity contribution in [3.63, 3.8) is 0 Å². The summed E-state index contributed by atoms with van der Waals surface area (Å²) in [5.41, 5.74) is -0.0999. The van der Waals surface area contributed by atoms with Gasteiger partial charge in [0, 0.05) is 25.7 Å². The predicted octanol–water partition coefficient (Wildman–Crippen LogP) is 1.93. The van der Waals surface area contributed by atoms with Crippen molar-refractivity contribution in [2.75, 3.05) is 19.7 Å². The normalized spacial score (nSPS) is 38.8. The zero-order chi connectivity index (χ0) is 12.2. The molecule has 0 aromatic rings. The van der Waals surface area contributed by atoms with Gasteiger partial charge in [0.1, 0.15) is 0 Å². The Kier molecular flexibility index (Phi) is 2.56. The maximum Gasteiger partial charge on any atom is 0.0928 e. The van der Waals surface area contributed by atoms with E-state index in [0.29, 0.717) is 12.0 Å². The fraction of sp³-hybridized carbons (Fsp3) is 1.00. The van der Waals surface area contributed by atoms with Gasteiger partial charge in [-0.3, -0.25) is 4.90 Å². The molecule has 2 saturated carbocycles. The van der Waals surface area contributed by atoms with Crippen molar-refractivity contribution >= 4 is 0 Å². The van der Waals surface area contributed by atoms with E-state index in [1.54, 1.807) is 0 Å². The lowest BCUT2D eigenvalue weighted by Crippen LogP contribution is -2.67. The molecule has 4 fully saturated rings. The molecule has 3 nitrogen and oxygen atoms in total. The van der Waals surface area contributed by atoms with Crippen LogP contribution in [-0.2, 0) is 4.74 Å². The molecule has 0 radical (unpaired) electrons. The Hall–Kier alpha value is -0.120. The quantitative estimate of drug-likeness (QED) is 0.814. The van der Waals surface area contributed by atoms with E-state index in [0.717, 1.165) is 19.7 Å². The van der Waals surface area contributed by atoms with Crippen molar-refractivity contribution in [2.24, 2.45) is 5.92 Å². The molecule has 2 aliphatic carbocycles. The number of aliphatic hydroxyl groups is 1. The van der Waals surface area contributed by atoms with Crippen LogP contribution in [0.15, 0.2) is 0 Å². The molecule has 1 unspecified atom stereocenters. The molecule has 0 amide bonds. The van der Waals surface area contributed by atoms with Crippen LogP contribution in [0.3, 0.4) is 0 Å². The molecule has 4 aliphatic rings. The highest BCUT2D eigenvalue weighted by Gasteiger charge is 2.54. The van der Waals surface area contributed by atoms with Crippen molar-refractivity contribution in [3.8, 4) is 0 Å². The van der Waals surface area contributed by atoms with Gasteiger partial charge in [-0.05, 0) is 44.4 Å². The molecule has 102 valence electrons. The summed E-state index contributed by atoms with van der Waals surface area (Å²) < 4.78 is 6.10. The molecule has 3 heteroatoms. The highest BCUT2D eigenvalue weighted by Crippen LogP contribution is 2.47. The van der Waals surface area contributed by atoms with Gasteiger partial charge >= 0.3 is 0 Å². The third kappa shape index (κ3) is 1.83. The summed E-state index contributed by atoms with van der Waals surface area (Å²) in [6, 6.07) is 0.677. The van der Waals surface area contributed by atoms with Gasteiger partial charge in [0.2, 0.25) is 0 Å². The van der Waals surface area contributed by atoms with Gasteiger partial charge in [0.25, 0.3) is 0 Å². The van der Waals surface area contributed by atoms with Gasteiger partial charge in [0.15, 0.2) is 0 Å². The maximum absolute atomic E-state index is 10.4. The van der Waals surface area contributed by atoms with E-state index in [4.69, 9.17) is 4.74 Å². The van der Waals surface area contributed by atoms with Crippen molar-refractivity contribution in [2.45, 2.75) is 68.6 Å². The van der Waals surface area contributed by atoms with Crippen molar-refractivity contribution < 1.29 is 9.84 Å². The lowest BCUT2D eigenvalue weighted by Gasteiger charge is -2.53. The smallest absolute Gasteiger partial charge is 0.0928 e. The predicted molar refractivity (Wildman–Crippen MR) is 69.4 cm³/mol. The standard InChI is InChI=1S/C15H25NO2/c17-15(12-3-4-12)10-16(11-15)13-5-8-18-14(9-13)6-1-2-7-14/h12-13,17H,1-11H2. The molecule has 0 aromatic carbocycles. The highest BCUT2D eigenvalue weighted by atomic mass is 16.5. The molecular formula is C15H25NO2. The lowest BCUT2D eigenvalue weighted by molar-refractivity contribution is -0.166. The first-order valence-electron chi connectivity index (χ1n) is 7.80. The average molecular weight is 251 g/mol. The number of β-amino-alcohol motifs (C(OH)–C–C–N with tert-alkyl or cyclic N) is 1. The molecule has 0 aromatic heterocycles. The first-order chi connectivity index (χ1) is 8.69. The Morgan fingerprint density at radius 2 is 1.78 bits per heavy atom. The van der Waals surface area contributed by atoms with Crippen LogP contribution in [0.5, 0.6) is 0 Å². The van der Waals surface area contributed by atoms with E-state index in [-0.39, 0.29) is 11.2 Å². The summed E-state index contributed by atoms with van der Waals surface area (Å²) in [4.78, 5) is 2.53. The Morgan fingerprint density at radius 1 is 1.06 bits per heavy atom. The average Bonchev–Trinajstić information content (AvgIpc) is 3.10. The molecule has 0 bridgehead atoms. The third-order valence-corrected chi connectivity index (χ3v) is 5.79. The maximum atomic E-state index is 10.4. The van der Waals surface area contributed by atoms with Crippen LogP contribution in [-0.4, -0.2) is 46.9 Å². The minimum Gasteiger partial charge on any atom is -0.387 e. The van der Waals surface area contributed by atoms with Crippen LogP contribution < -0.4 is 0 Å². The number of likely N-dealkylation sites (tertiary alicyclic amines) is 1. The summed E-state index contributed by atoms with van der Waals surface area (Å²) in [6.07, 6.45) is 10.1. The number of nitrogens with zero attached hydrogens (tertiary/aromatic N) is 1. The van der Waals surface area contributed by atoms with Crippen molar-refractivity contribution in [3.05, 3.63) is 0 Å². The van der Waals surface area contributed by atoms with Gasteiger partial charge in [-0.1, -0.05) is 12.8 Å². The molecular weight excluding hydrogens is 226 g/mol. The van der Waals surface area contributed by atoms with E-state index < -0.39 is 0 Å². The summed E-state index contributed by atoms with van der Waals surface area (Å²) in [5, 5.41) is 10.4. The Morgan fingerprint density at radius 3 is 2.44 bits per heavy atom. The molecule has 1 N–H and O–H groups in total. The summed E-state index contributed by atoms with van der Waals surface area (Å²) in [5.74, 6) is 0.619. The van der Waals surface area contributed by atoms with Gasteiger partial charge in [-0.2, -0.15) is 0 Å². The third-order valence-electron chi connectivity index (χ3n) is 5.79. The molecule has 1 spiro atoms. The molecule has 4 rings (SSSR count). The van der Waals surface area contributed by atoms with E-state index in [9.17, 15) is 5.11 Å². The van der Waals surface area contributed by atoms with Crippen LogP contribution in [0.1, 0.15) is 51.4 Å². The van der Waals surface area contributed by atoms with E-state index >= 15 is 0 Å². The summed E-state index contributed by atoms with van der Waals surface area (Å²) in [6.45, 7) is 2.79. The largest absolute Gasteiger partial charge is 0.387 e. The molecule has 2 saturated heterocycles. The zero-order valence-corrected chi connectivity index (χ0v) is 11.2. The molecule has 1 atom stereocenters. The Balaban J connectivity index is 1.38. The topological polar surface area (TPSA) is 32.7 Å². The second-order valence-corrected chi connectivity index (χ2v) is 7.17. The van der Waals surface area contributed by atoms with Crippen LogP contribution in [0.25, 0.3) is 0 Å². The Labute approximate surface area is 109 Å².